The van der Waals surface area contributed by atoms with E-state index in [1.807, 2.05) is 27.0 Å². The van der Waals surface area contributed by atoms with Crippen LogP contribution in [-0.4, -0.2) is 36.2 Å². The molecule has 0 radical (unpaired) electrons. The monoisotopic (exact) mass is 496 g/mol. The van der Waals surface area contributed by atoms with Crippen molar-refractivity contribution in [3.8, 4) is 0 Å². The lowest BCUT2D eigenvalue weighted by atomic mass is 10.00. The van der Waals surface area contributed by atoms with Crippen LogP contribution in [0.4, 0.5) is 0 Å². The van der Waals surface area contributed by atoms with Crippen LogP contribution in [0, 0.1) is 13.8 Å². The summed E-state index contributed by atoms with van der Waals surface area (Å²) in [7, 11) is 2.04. The highest BCUT2D eigenvalue weighted by molar-refractivity contribution is 14.0. The number of halogens is 2. The third kappa shape index (κ3) is 6.14. The van der Waals surface area contributed by atoms with Gasteiger partial charge in [0.15, 0.2) is 5.96 Å². The number of hydrogen-bond donors (Lipinski definition) is 1. The van der Waals surface area contributed by atoms with E-state index in [0.29, 0.717) is 6.54 Å². The molecule has 0 aliphatic heterocycles. The molecule has 1 N–H and O–H groups in total. The van der Waals surface area contributed by atoms with Gasteiger partial charge in [-0.15, -0.1) is 35.3 Å². The van der Waals surface area contributed by atoms with Crippen LogP contribution in [0.5, 0.6) is 0 Å². The van der Waals surface area contributed by atoms with Crippen LogP contribution in [0.1, 0.15) is 41.7 Å². The molecule has 0 saturated carbocycles. The van der Waals surface area contributed by atoms with Gasteiger partial charge in [0.2, 0.25) is 0 Å². The van der Waals surface area contributed by atoms with Crippen molar-refractivity contribution in [2.45, 2.75) is 40.2 Å². The predicted octanol–water partition coefficient (Wildman–Crippen LogP) is 4.83. The second-order valence-corrected chi connectivity index (χ2v) is 7.70. The number of thiophene rings is 1. The number of aliphatic imine (C=N–C) groups is 1. The van der Waals surface area contributed by atoms with Crippen molar-refractivity contribution in [1.82, 2.24) is 15.4 Å². The summed E-state index contributed by atoms with van der Waals surface area (Å²) in [4.78, 5) is 8.12. The third-order valence-electron chi connectivity index (χ3n) is 3.81. The van der Waals surface area contributed by atoms with Crippen LogP contribution in [0.15, 0.2) is 21.6 Å². The second-order valence-electron chi connectivity index (χ2n) is 5.90. The van der Waals surface area contributed by atoms with Crippen molar-refractivity contribution >= 4 is 52.9 Å². The number of guanidine groups is 1. The van der Waals surface area contributed by atoms with Crippen LogP contribution in [0.3, 0.4) is 0 Å². The molecule has 2 aromatic heterocycles. The van der Waals surface area contributed by atoms with E-state index in [4.69, 9.17) is 21.1 Å². The van der Waals surface area contributed by atoms with Gasteiger partial charge >= 0.3 is 0 Å². The normalized spacial score (nSPS) is 12.6. The average molecular weight is 497 g/mol. The summed E-state index contributed by atoms with van der Waals surface area (Å²) in [5, 5.41) is 7.38. The Hall–Kier alpha value is -0.800. The molecule has 0 aliphatic rings. The Morgan fingerprint density at radius 1 is 1.44 bits per heavy atom. The largest absolute Gasteiger partial charge is 0.361 e. The zero-order valence-electron chi connectivity index (χ0n) is 15.3. The van der Waals surface area contributed by atoms with Gasteiger partial charge in [-0.3, -0.25) is 4.99 Å². The number of hydrogen-bond acceptors (Lipinski definition) is 4. The maximum absolute atomic E-state index is 6.01. The van der Waals surface area contributed by atoms with E-state index in [-0.39, 0.29) is 29.9 Å². The molecule has 140 valence electrons. The van der Waals surface area contributed by atoms with E-state index in [2.05, 4.69) is 35.3 Å². The zero-order valence-corrected chi connectivity index (χ0v) is 19.2. The summed E-state index contributed by atoms with van der Waals surface area (Å²) >= 11 is 7.61. The van der Waals surface area contributed by atoms with Gasteiger partial charge in [0, 0.05) is 36.5 Å². The van der Waals surface area contributed by atoms with Gasteiger partial charge in [-0.25, -0.2) is 0 Å². The van der Waals surface area contributed by atoms with Crippen LogP contribution in [-0.2, 0) is 6.54 Å². The number of rotatable bonds is 6. The van der Waals surface area contributed by atoms with Gasteiger partial charge in [0.1, 0.15) is 5.76 Å². The molecule has 5 nitrogen and oxygen atoms in total. The van der Waals surface area contributed by atoms with E-state index >= 15 is 0 Å². The molecule has 0 fully saturated rings. The van der Waals surface area contributed by atoms with Crippen LogP contribution in [0.25, 0.3) is 0 Å². The summed E-state index contributed by atoms with van der Waals surface area (Å²) in [6, 6.07) is 3.98. The topological polar surface area (TPSA) is 53.7 Å². The Kier molecular flexibility index (Phi) is 9.23. The van der Waals surface area contributed by atoms with Gasteiger partial charge in [-0.2, -0.15) is 0 Å². The van der Waals surface area contributed by atoms with E-state index in [9.17, 15) is 0 Å². The lowest BCUT2D eigenvalue weighted by Gasteiger charge is -2.22. The molecular formula is C17H26ClIN4OS. The fourth-order valence-corrected chi connectivity index (χ4v) is 3.86. The van der Waals surface area contributed by atoms with Crippen molar-refractivity contribution in [1.29, 1.82) is 0 Å². The molecule has 25 heavy (non-hydrogen) atoms. The lowest BCUT2D eigenvalue weighted by molar-refractivity contribution is 0.391. The van der Waals surface area contributed by atoms with E-state index < -0.39 is 0 Å². The van der Waals surface area contributed by atoms with E-state index in [0.717, 1.165) is 40.4 Å². The molecular weight excluding hydrogens is 471 g/mol. The van der Waals surface area contributed by atoms with Crippen LogP contribution < -0.4 is 5.32 Å². The van der Waals surface area contributed by atoms with Gasteiger partial charge in [-0.1, -0.05) is 23.7 Å². The highest BCUT2D eigenvalue weighted by atomic mass is 127. The maximum atomic E-state index is 6.01. The van der Waals surface area contributed by atoms with Crippen molar-refractivity contribution in [2.24, 2.45) is 4.99 Å². The first-order chi connectivity index (χ1) is 11.4. The molecule has 2 aromatic rings. The maximum Gasteiger partial charge on any atom is 0.194 e. The third-order valence-corrected chi connectivity index (χ3v) is 5.03. The van der Waals surface area contributed by atoms with E-state index in [1.54, 1.807) is 11.3 Å². The van der Waals surface area contributed by atoms with Gasteiger partial charge in [0.25, 0.3) is 0 Å². The molecule has 8 heteroatoms. The quantitative estimate of drug-likeness (QED) is 0.354. The summed E-state index contributed by atoms with van der Waals surface area (Å²) in [5.41, 5.74) is 2.10. The highest BCUT2D eigenvalue weighted by Crippen LogP contribution is 2.24. The molecule has 1 atom stereocenters. The molecule has 2 rings (SSSR count). The molecule has 2 heterocycles. The van der Waals surface area contributed by atoms with Crippen molar-refractivity contribution in [2.75, 3.05) is 20.1 Å². The molecule has 0 aliphatic carbocycles. The standard InChI is InChI=1S/C17H25ClN4OS.HI/c1-6-19-17(22(5)10-14-7-8-15(18)24-14)20-9-11(2)16-12(3)21-23-13(16)4;/h7-8,11H,6,9-10H2,1-5H3,(H,19,20);1H. The Balaban J connectivity index is 0.00000312. The van der Waals surface area contributed by atoms with Crippen LogP contribution in [0.2, 0.25) is 4.34 Å². The fraction of sp³-hybridized carbons (Fsp3) is 0.529. The SMILES string of the molecule is CCNC(=NCC(C)c1c(C)noc1C)N(C)Cc1ccc(Cl)s1.I. The van der Waals surface area contributed by atoms with Crippen LogP contribution >= 0.6 is 46.9 Å². The average Bonchev–Trinajstić information content (AvgIpc) is 3.08. The molecule has 1 unspecified atom stereocenters. The fourth-order valence-electron chi connectivity index (χ4n) is 2.72. The Morgan fingerprint density at radius 2 is 2.16 bits per heavy atom. The number of nitrogens with one attached hydrogen (secondary N) is 1. The Bertz CT molecular complexity index is 681. The summed E-state index contributed by atoms with van der Waals surface area (Å²) in [6.45, 7) is 10.4. The zero-order chi connectivity index (χ0) is 17.7. The lowest BCUT2D eigenvalue weighted by Crippen LogP contribution is -2.38. The van der Waals surface area contributed by atoms with Gasteiger partial charge in [-0.05, 0) is 32.9 Å². The van der Waals surface area contributed by atoms with Gasteiger partial charge < -0.3 is 14.7 Å². The highest BCUT2D eigenvalue weighted by Gasteiger charge is 2.17. The minimum absolute atomic E-state index is 0. The minimum Gasteiger partial charge on any atom is -0.361 e. The first kappa shape index (κ1) is 22.2. The van der Waals surface area contributed by atoms with Gasteiger partial charge in [0.05, 0.1) is 16.6 Å². The number of aryl methyl sites for hydroxylation is 2. The smallest absolute Gasteiger partial charge is 0.194 e. The molecule has 0 amide bonds. The van der Waals surface area contributed by atoms with Crippen molar-refractivity contribution < 1.29 is 4.52 Å². The van der Waals surface area contributed by atoms with Crippen molar-refractivity contribution in [3.63, 3.8) is 0 Å². The summed E-state index contributed by atoms with van der Waals surface area (Å²) in [6.07, 6.45) is 0. The molecule has 0 saturated heterocycles. The molecule has 0 aromatic carbocycles. The Morgan fingerprint density at radius 3 is 2.68 bits per heavy atom. The predicted molar refractivity (Wildman–Crippen MR) is 117 cm³/mol. The van der Waals surface area contributed by atoms with Crippen molar-refractivity contribution in [3.05, 3.63) is 38.4 Å². The first-order valence-corrected chi connectivity index (χ1v) is 9.28. The second kappa shape index (κ2) is 10.4. The first-order valence-electron chi connectivity index (χ1n) is 8.08. The Labute approximate surface area is 175 Å². The molecule has 0 bridgehead atoms. The molecule has 0 spiro atoms. The summed E-state index contributed by atoms with van der Waals surface area (Å²) < 4.78 is 6.08. The minimum atomic E-state index is 0. The number of nitrogens with zero attached hydrogens (tertiary/aromatic N) is 3. The number of aromatic nitrogens is 1. The van der Waals surface area contributed by atoms with E-state index in [1.165, 1.54) is 4.88 Å². The summed E-state index contributed by atoms with van der Waals surface area (Å²) in [5.74, 6) is 2.02.